The maximum Gasteiger partial charge on any atom is 0.495 e. The average molecular weight is 429 g/mol. The van der Waals surface area contributed by atoms with Crippen molar-refractivity contribution < 1.29 is 13.7 Å². The Morgan fingerprint density at radius 1 is 0.697 bits per heavy atom. The molecule has 0 saturated carbocycles. The van der Waals surface area contributed by atoms with Crippen LogP contribution in [0.3, 0.4) is 0 Å². The molecule has 1 fully saturated rings. The fourth-order valence-electron chi connectivity index (χ4n) is 5.14. The van der Waals surface area contributed by atoms with Gasteiger partial charge in [0.2, 0.25) is 0 Å². The van der Waals surface area contributed by atoms with Crippen molar-refractivity contribution in [1.29, 1.82) is 0 Å². The first-order valence-corrected chi connectivity index (χ1v) is 11.8. The normalized spacial score (nSPS) is 17.3. The molecule has 0 spiro atoms. The Bertz CT molecular complexity index is 1390. The molecular weight excluding hydrogens is 401 g/mol. The predicted octanol–water partition coefficient (Wildman–Crippen LogP) is -3.16. The highest BCUT2D eigenvalue weighted by Gasteiger charge is 2.52. The molecule has 0 amide bonds. The van der Waals surface area contributed by atoms with Gasteiger partial charge in [-0.2, -0.15) is 0 Å². The highest BCUT2D eigenvalue weighted by Crippen LogP contribution is 2.39. The van der Waals surface area contributed by atoms with Crippen molar-refractivity contribution in [3.8, 4) is 11.1 Å². The molecule has 160 valence electrons. The quantitative estimate of drug-likeness (QED) is 0.316. The number of para-hydroxylation sites is 1. The highest BCUT2D eigenvalue weighted by molar-refractivity contribution is 6.69. The van der Waals surface area contributed by atoms with Crippen molar-refractivity contribution in [3.63, 3.8) is 0 Å². The Hall–Kier alpha value is -2.23. The molecule has 1 saturated heterocycles. The fraction of sp³-hybridized carbons (Fsp3) is 0.250. The maximum absolute atomic E-state index is 6.55. The van der Waals surface area contributed by atoms with E-state index in [0.717, 1.165) is 33.0 Å². The Labute approximate surface area is 201 Å². The highest BCUT2D eigenvalue weighted by atomic mass is 16.7. The summed E-state index contributed by atoms with van der Waals surface area (Å²) in [5.41, 5.74) is 11.1. The lowest BCUT2D eigenvalue weighted by molar-refractivity contribution is 0.00578. The minimum Gasteiger partial charge on any atom is -0.455 e. The molecule has 0 atom stereocenters. The van der Waals surface area contributed by atoms with E-state index in [1.54, 1.807) is 0 Å². The van der Waals surface area contributed by atoms with Gasteiger partial charge in [0, 0.05) is 16.3 Å². The molecule has 0 N–H and O–H groups in total. The summed E-state index contributed by atoms with van der Waals surface area (Å²) in [4.78, 5) is 0. The first kappa shape index (κ1) is 22.6. The first-order valence-electron chi connectivity index (χ1n) is 11.8. The van der Waals surface area contributed by atoms with Crippen molar-refractivity contribution in [3.05, 3.63) is 36.4 Å². The van der Waals surface area contributed by atoms with Gasteiger partial charge in [-0.3, -0.25) is 0 Å². The first-order chi connectivity index (χ1) is 15.4. The second kappa shape index (κ2) is 7.38. The molecule has 5 rings (SSSR count). The van der Waals surface area contributed by atoms with Gasteiger partial charge in [-0.1, -0.05) is 41.3 Å². The largest absolute Gasteiger partial charge is 0.495 e. The minimum atomic E-state index is -0.435. The van der Waals surface area contributed by atoms with Gasteiger partial charge in [0.15, 0.2) is 0 Å². The van der Waals surface area contributed by atoms with Crippen LogP contribution in [0.1, 0.15) is 27.7 Å². The van der Waals surface area contributed by atoms with E-state index in [-0.39, 0.29) is 0 Å². The Kier molecular flexibility index (Phi) is 5.05. The zero-order valence-corrected chi connectivity index (χ0v) is 21.3. The SMILES string of the molecule is Bc1c(B)c(B)c(-c2cccc3c2oc2cccc(B4OC(C)(C)C(C)(C)O4)c23)c(B)c1B. The molecule has 9 heteroatoms. The van der Waals surface area contributed by atoms with Gasteiger partial charge >= 0.3 is 7.12 Å². The van der Waals surface area contributed by atoms with Crippen LogP contribution in [0.15, 0.2) is 40.8 Å². The molecule has 0 aliphatic carbocycles. The molecule has 33 heavy (non-hydrogen) atoms. The molecule has 1 aliphatic rings. The lowest BCUT2D eigenvalue weighted by atomic mass is 9.59. The van der Waals surface area contributed by atoms with E-state index in [1.807, 2.05) is 12.1 Å². The van der Waals surface area contributed by atoms with E-state index in [1.165, 1.54) is 32.9 Å². The molecule has 3 nitrogen and oxygen atoms in total. The average Bonchev–Trinajstić information content (AvgIpc) is 3.25. The molecule has 1 aliphatic heterocycles. The fourth-order valence-corrected chi connectivity index (χ4v) is 5.14. The monoisotopic (exact) mass is 430 g/mol. The van der Waals surface area contributed by atoms with Crippen LogP contribution in [-0.4, -0.2) is 57.6 Å². The van der Waals surface area contributed by atoms with Crippen LogP contribution in [0.2, 0.25) is 0 Å². The third-order valence-corrected chi connectivity index (χ3v) is 8.33. The smallest absolute Gasteiger partial charge is 0.455 e. The molecule has 3 aromatic carbocycles. The predicted molar refractivity (Wildman–Crippen MR) is 156 cm³/mol. The second-order valence-electron chi connectivity index (χ2n) is 10.6. The summed E-state index contributed by atoms with van der Waals surface area (Å²) in [6.07, 6.45) is 0. The van der Waals surface area contributed by atoms with Crippen molar-refractivity contribution in [2.45, 2.75) is 38.9 Å². The van der Waals surface area contributed by atoms with Crippen molar-refractivity contribution in [1.82, 2.24) is 0 Å². The second-order valence-corrected chi connectivity index (χ2v) is 10.6. The van der Waals surface area contributed by atoms with E-state index in [0.29, 0.717) is 0 Å². The third-order valence-electron chi connectivity index (χ3n) is 8.33. The summed E-state index contributed by atoms with van der Waals surface area (Å²) in [6, 6.07) is 12.6. The summed E-state index contributed by atoms with van der Waals surface area (Å²) >= 11 is 0. The van der Waals surface area contributed by atoms with Crippen molar-refractivity contribution in [2.75, 3.05) is 0 Å². The van der Waals surface area contributed by atoms with Gasteiger partial charge < -0.3 is 13.7 Å². The van der Waals surface area contributed by atoms with E-state index in [9.17, 15) is 0 Å². The number of hydrogen-bond donors (Lipinski definition) is 0. The minimum absolute atomic E-state index is 0.393. The van der Waals surface area contributed by atoms with Crippen LogP contribution < -0.4 is 32.8 Å². The van der Waals surface area contributed by atoms with E-state index in [4.69, 9.17) is 13.7 Å². The summed E-state index contributed by atoms with van der Waals surface area (Å²) in [6.45, 7) is 8.36. The molecular formula is C24H28B6O3. The van der Waals surface area contributed by atoms with Crippen LogP contribution in [-0.2, 0) is 9.31 Å². The van der Waals surface area contributed by atoms with Crippen molar-refractivity contribution in [2.24, 2.45) is 0 Å². The van der Waals surface area contributed by atoms with E-state index in [2.05, 4.69) is 91.2 Å². The van der Waals surface area contributed by atoms with E-state index >= 15 is 0 Å². The molecule has 4 aromatic rings. The zero-order chi connectivity index (χ0) is 23.9. The third kappa shape index (κ3) is 3.19. The number of benzene rings is 3. The van der Waals surface area contributed by atoms with Gasteiger partial charge in [0.25, 0.3) is 0 Å². The number of furan rings is 1. The summed E-state index contributed by atoms with van der Waals surface area (Å²) in [5.74, 6) is 0. The summed E-state index contributed by atoms with van der Waals surface area (Å²) in [7, 11) is 10.7. The van der Waals surface area contributed by atoms with Crippen LogP contribution in [0.4, 0.5) is 0 Å². The molecule has 0 radical (unpaired) electrons. The van der Waals surface area contributed by atoms with Gasteiger partial charge in [-0.25, -0.2) is 0 Å². The number of rotatable bonds is 2. The van der Waals surface area contributed by atoms with Crippen LogP contribution in [0.25, 0.3) is 33.1 Å². The van der Waals surface area contributed by atoms with Crippen LogP contribution in [0.5, 0.6) is 0 Å². The lowest BCUT2D eigenvalue weighted by Crippen LogP contribution is -2.55. The topological polar surface area (TPSA) is 31.6 Å². The standard InChI is InChI=1S/C24H28B6O3/c1-23(2)24(3,4)33-30(32-23)13-9-6-10-14-15(13)11-7-5-8-12(22(11)31-14)16-17(25)19(27)21(29)20(28)18(16)26/h5-10H,25-29H2,1-4H3. The number of fused-ring (bicyclic) bond motifs is 3. The van der Waals surface area contributed by atoms with Crippen molar-refractivity contribution >= 4 is 101 Å². The van der Waals surface area contributed by atoms with E-state index < -0.39 is 18.3 Å². The molecule has 0 bridgehead atoms. The number of hydrogen-bond acceptors (Lipinski definition) is 3. The zero-order valence-electron chi connectivity index (χ0n) is 21.3. The van der Waals surface area contributed by atoms with Gasteiger partial charge in [-0.05, 0) is 44.8 Å². The van der Waals surface area contributed by atoms with Gasteiger partial charge in [-0.15, -0.1) is 16.4 Å². The molecule has 0 unspecified atom stereocenters. The van der Waals surface area contributed by atoms with Crippen LogP contribution in [0, 0.1) is 0 Å². The van der Waals surface area contributed by atoms with Gasteiger partial charge in [0.1, 0.15) is 50.4 Å². The Morgan fingerprint density at radius 2 is 1.24 bits per heavy atom. The molecule has 2 heterocycles. The molecule has 1 aromatic heterocycles. The summed E-state index contributed by atoms with van der Waals surface area (Å²) in [5, 5.41) is 2.17. The lowest BCUT2D eigenvalue weighted by Gasteiger charge is -2.32. The summed E-state index contributed by atoms with van der Waals surface area (Å²) < 4.78 is 19.4. The van der Waals surface area contributed by atoms with Gasteiger partial charge in [0.05, 0.1) is 11.2 Å². The Morgan fingerprint density at radius 3 is 1.85 bits per heavy atom. The van der Waals surface area contributed by atoms with Crippen LogP contribution >= 0.6 is 0 Å². The Balaban J connectivity index is 1.78. The maximum atomic E-state index is 6.55.